The molecule has 19 heavy (non-hydrogen) atoms. The molecule has 2 rings (SSSR count). The fourth-order valence-electron chi connectivity index (χ4n) is 2.50. The van der Waals surface area contributed by atoms with Crippen LogP contribution in [-0.4, -0.2) is 19.6 Å². The smallest absolute Gasteiger partial charge is 0.0644 e. The second kappa shape index (κ2) is 5.17. The largest absolute Gasteiger partial charge is 0.306 e. The molecule has 0 saturated heterocycles. The molecule has 0 aliphatic carbocycles. The lowest BCUT2D eigenvalue weighted by molar-refractivity contribution is 0.566. The first-order valence-electron chi connectivity index (χ1n) is 6.62. The van der Waals surface area contributed by atoms with E-state index in [2.05, 4.69) is 43.2 Å². The fraction of sp³-hybridized carbons (Fsp3) is 0.571. The molecule has 0 spiro atoms. The monoisotopic (exact) mass is 261 g/mol. The SMILES string of the molecule is Cc1nn(C)c(C)c1C(C)NCc1cnn(C)c1C. The number of aromatic nitrogens is 4. The van der Waals surface area contributed by atoms with E-state index in [0.717, 1.165) is 12.2 Å². The second-order valence-corrected chi connectivity index (χ2v) is 5.19. The molecule has 0 bridgehead atoms. The highest BCUT2D eigenvalue weighted by atomic mass is 15.3. The molecule has 2 aromatic rings. The van der Waals surface area contributed by atoms with Crippen LogP contribution in [-0.2, 0) is 20.6 Å². The molecule has 0 fully saturated rings. The lowest BCUT2D eigenvalue weighted by atomic mass is 10.1. The van der Waals surface area contributed by atoms with Crippen molar-refractivity contribution in [3.63, 3.8) is 0 Å². The van der Waals surface area contributed by atoms with Gasteiger partial charge in [-0.05, 0) is 27.7 Å². The molecule has 2 aromatic heterocycles. The van der Waals surface area contributed by atoms with Crippen LogP contribution >= 0.6 is 0 Å². The third kappa shape index (κ3) is 2.56. The zero-order valence-electron chi connectivity index (χ0n) is 12.7. The Morgan fingerprint density at radius 3 is 2.32 bits per heavy atom. The average molecular weight is 261 g/mol. The Labute approximate surface area is 114 Å². The summed E-state index contributed by atoms with van der Waals surface area (Å²) < 4.78 is 3.85. The van der Waals surface area contributed by atoms with Crippen LogP contribution in [0.4, 0.5) is 0 Å². The Morgan fingerprint density at radius 1 is 1.16 bits per heavy atom. The van der Waals surface area contributed by atoms with Gasteiger partial charge in [-0.3, -0.25) is 9.36 Å². The molecule has 2 heterocycles. The number of hydrogen-bond donors (Lipinski definition) is 1. The van der Waals surface area contributed by atoms with Crippen LogP contribution in [0.15, 0.2) is 6.20 Å². The lowest BCUT2D eigenvalue weighted by Gasteiger charge is -2.14. The Balaban J connectivity index is 2.09. The molecular formula is C14H23N5. The van der Waals surface area contributed by atoms with Crippen LogP contribution in [0.3, 0.4) is 0 Å². The van der Waals surface area contributed by atoms with E-state index in [1.165, 1.54) is 22.5 Å². The van der Waals surface area contributed by atoms with E-state index in [9.17, 15) is 0 Å². The quantitative estimate of drug-likeness (QED) is 0.915. The van der Waals surface area contributed by atoms with E-state index in [-0.39, 0.29) is 6.04 Å². The van der Waals surface area contributed by atoms with Crippen molar-refractivity contribution in [2.24, 2.45) is 14.1 Å². The summed E-state index contributed by atoms with van der Waals surface area (Å²) in [6, 6.07) is 0.285. The van der Waals surface area contributed by atoms with Gasteiger partial charge in [0.15, 0.2) is 0 Å². The number of hydrogen-bond acceptors (Lipinski definition) is 3. The van der Waals surface area contributed by atoms with Crippen molar-refractivity contribution in [2.45, 2.75) is 40.3 Å². The minimum absolute atomic E-state index is 0.285. The van der Waals surface area contributed by atoms with Gasteiger partial charge in [0, 0.05) is 49.2 Å². The minimum atomic E-state index is 0.285. The van der Waals surface area contributed by atoms with E-state index in [4.69, 9.17) is 0 Å². The number of nitrogens with one attached hydrogen (secondary N) is 1. The number of aryl methyl sites for hydroxylation is 3. The molecule has 5 nitrogen and oxygen atoms in total. The predicted octanol–water partition coefficient (Wildman–Crippen LogP) is 1.93. The summed E-state index contributed by atoms with van der Waals surface area (Å²) in [6.07, 6.45) is 1.93. The van der Waals surface area contributed by atoms with Crippen LogP contribution in [0.5, 0.6) is 0 Å². The highest BCUT2D eigenvalue weighted by Crippen LogP contribution is 2.21. The highest BCUT2D eigenvalue weighted by Gasteiger charge is 2.16. The van der Waals surface area contributed by atoms with Crippen LogP contribution in [0.2, 0.25) is 0 Å². The molecule has 1 unspecified atom stereocenters. The van der Waals surface area contributed by atoms with Crippen molar-refractivity contribution in [2.75, 3.05) is 0 Å². The third-order valence-electron chi connectivity index (χ3n) is 3.93. The maximum atomic E-state index is 4.47. The average Bonchev–Trinajstić information content (AvgIpc) is 2.79. The van der Waals surface area contributed by atoms with Gasteiger partial charge in [0.1, 0.15) is 0 Å². The zero-order chi connectivity index (χ0) is 14.2. The van der Waals surface area contributed by atoms with Gasteiger partial charge in [0.05, 0.1) is 11.9 Å². The van der Waals surface area contributed by atoms with Gasteiger partial charge in [0.2, 0.25) is 0 Å². The zero-order valence-corrected chi connectivity index (χ0v) is 12.7. The van der Waals surface area contributed by atoms with Crippen molar-refractivity contribution in [3.05, 3.63) is 34.4 Å². The Hall–Kier alpha value is -1.62. The number of nitrogens with zero attached hydrogens (tertiary/aromatic N) is 4. The molecule has 0 aromatic carbocycles. The lowest BCUT2D eigenvalue weighted by Crippen LogP contribution is -2.19. The van der Waals surface area contributed by atoms with Crippen LogP contribution in [0, 0.1) is 20.8 Å². The topological polar surface area (TPSA) is 47.7 Å². The van der Waals surface area contributed by atoms with Crippen molar-refractivity contribution in [1.82, 2.24) is 24.9 Å². The molecule has 0 radical (unpaired) electrons. The van der Waals surface area contributed by atoms with Crippen molar-refractivity contribution in [3.8, 4) is 0 Å². The number of rotatable bonds is 4. The first-order chi connectivity index (χ1) is 8.91. The molecule has 0 aliphatic rings. The predicted molar refractivity (Wildman–Crippen MR) is 75.9 cm³/mol. The summed E-state index contributed by atoms with van der Waals surface area (Å²) in [6.45, 7) is 9.28. The van der Waals surface area contributed by atoms with Crippen molar-refractivity contribution < 1.29 is 0 Å². The van der Waals surface area contributed by atoms with Crippen molar-refractivity contribution in [1.29, 1.82) is 0 Å². The summed E-state index contributed by atoms with van der Waals surface area (Å²) in [5.74, 6) is 0. The highest BCUT2D eigenvalue weighted by molar-refractivity contribution is 5.28. The molecule has 1 atom stereocenters. The van der Waals surface area contributed by atoms with Gasteiger partial charge < -0.3 is 5.32 Å². The van der Waals surface area contributed by atoms with Crippen molar-refractivity contribution >= 4 is 0 Å². The van der Waals surface area contributed by atoms with E-state index >= 15 is 0 Å². The van der Waals surface area contributed by atoms with Gasteiger partial charge in [-0.2, -0.15) is 10.2 Å². The first kappa shape index (κ1) is 13.8. The third-order valence-corrected chi connectivity index (χ3v) is 3.93. The van der Waals surface area contributed by atoms with Gasteiger partial charge in [0.25, 0.3) is 0 Å². The maximum absolute atomic E-state index is 4.47. The van der Waals surface area contributed by atoms with E-state index in [1.54, 1.807) is 0 Å². The second-order valence-electron chi connectivity index (χ2n) is 5.19. The van der Waals surface area contributed by atoms with Gasteiger partial charge in [-0.1, -0.05) is 0 Å². The van der Waals surface area contributed by atoms with Crippen LogP contribution < -0.4 is 5.32 Å². The maximum Gasteiger partial charge on any atom is 0.0644 e. The molecule has 0 amide bonds. The summed E-state index contributed by atoms with van der Waals surface area (Å²) in [5, 5.41) is 12.3. The summed E-state index contributed by atoms with van der Waals surface area (Å²) >= 11 is 0. The van der Waals surface area contributed by atoms with E-state index in [0.29, 0.717) is 0 Å². The van der Waals surface area contributed by atoms with Gasteiger partial charge in [-0.25, -0.2) is 0 Å². The standard InChI is InChI=1S/C14H23N5/c1-9(14-10(2)17-19(6)12(14)4)15-7-13-8-16-18(5)11(13)3/h8-9,15H,7H2,1-6H3. The molecule has 5 heteroatoms. The Morgan fingerprint density at radius 2 is 1.84 bits per heavy atom. The molecule has 0 saturated carbocycles. The molecule has 0 aliphatic heterocycles. The first-order valence-corrected chi connectivity index (χ1v) is 6.62. The summed E-state index contributed by atoms with van der Waals surface area (Å²) in [5.41, 5.74) is 6.07. The van der Waals surface area contributed by atoms with Gasteiger partial charge in [-0.15, -0.1) is 0 Å². The van der Waals surface area contributed by atoms with Crippen LogP contribution in [0.25, 0.3) is 0 Å². The van der Waals surface area contributed by atoms with Gasteiger partial charge >= 0.3 is 0 Å². The molecule has 104 valence electrons. The molecular weight excluding hydrogens is 238 g/mol. The Kier molecular flexibility index (Phi) is 3.75. The fourth-order valence-corrected chi connectivity index (χ4v) is 2.50. The normalized spacial score (nSPS) is 12.9. The summed E-state index contributed by atoms with van der Waals surface area (Å²) in [4.78, 5) is 0. The minimum Gasteiger partial charge on any atom is -0.306 e. The van der Waals surface area contributed by atoms with E-state index < -0.39 is 0 Å². The summed E-state index contributed by atoms with van der Waals surface area (Å²) in [7, 11) is 3.96. The van der Waals surface area contributed by atoms with Crippen LogP contribution in [0.1, 0.15) is 41.2 Å². The molecule has 1 N–H and O–H groups in total. The van der Waals surface area contributed by atoms with E-state index in [1.807, 2.05) is 29.7 Å². The Bertz CT molecular complexity index is 579.